The number of piperidine rings is 1. The van der Waals surface area contributed by atoms with Crippen LogP contribution in [0.15, 0.2) is 4.99 Å². The number of quaternary nitrogens is 1. The number of aliphatic imine (C=N–C) groups is 1. The molecule has 11 nitrogen and oxygen atoms in total. The lowest BCUT2D eigenvalue weighted by molar-refractivity contribution is -0.703. The number of carbonyl (C=O) groups excluding carboxylic acids is 1. The maximum atomic E-state index is 15.6. The predicted octanol–water partition coefficient (Wildman–Crippen LogP) is 2.60. The number of nitrogens with two attached hydrogens (primary N) is 2. The van der Waals surface area contributed by atoms with E-state index in [1.165, 1.54) is 19.3 Å². The monoisotopic (exact) mass is 785 g/mol. The van der Waals surface area contributed by atoms with Crippen molar-refractivity contribution in [3.63, 3.8) is 0 Å². The first-order chi connectivity index (χ1) is 26.6. The van der Waals surface area contributed by atoms with Gasteiger partial charge in [0.2, 0.25) is 0 Å². The quantitative estimate of drug-likeness (QED) is 0.102. The van der Waals surface area contributed by atoms with Crippen LogP contribution in [0.4, 0.5) is 0 Å². The lowest BCUT2D eigenvalue weighted by atomic mass is 9.35. The standard InChI is InChI=1S/C45H73N3O8/c1-5-6-7-8-11-30-26-56-38(28(30)3)40(53)41(4,54)34-16-21-45(55)36-31-15-20-42(34,45)17-9-10-18-44(39(52)37(36)48-24-27(2)49)23-33(51)32(50)22-43(31,44)19-14-29-12-13-35(46)47-25-29/h27-36,38,40,47,49-51,53-55H,5-8,11-26,46H2,1-4H3/p+1. The highest BCUT2D eigenvalue weighted by molar-refractivity contribution is 6.44. The summed E-state index contributed by atoms with van der Waals surface area (Å²) >= 11 is 0. The van der Waals surface area contributed by atoms with Gasteiger partial charge in [-0.1, -0.05) is 39.5 Å². The molecule has 316 valence electrons. The Morgan fingerprint density at radius 1 is 1.04 bits per heavy atom. The van der Waals surface area contributed by atoms with Crippen LogP contribution in [0.3, 0.4) is 0 Å². The van der Waals surface area contributed by atoms with Gasteiger partial charge < -0.3 is 40.7 Å². The summed E-state index contributed by atoms with van der Waals surface area (Å²) in [4.78, 5) is 20.5. The van der Waals surface area contributed by atoms with Gasteiger partial charge in [0, 0.05) is 36.5 Å². The minimum Gasteiger partial charge on any atom is -0.391 e. The summed E-state index contributed by atoms with van der Waals surface area (Å²) in [5.41, 5.74) is 0.573. The molecule has 11 heteroatoms. The summed E-state index contributed by atoms with van der Waals surface area (Å²) in [6.45, 7) is 9.15. The number of Topliss-reactive ketones (excluding diaryl/α,β-unsaturated/α-hetero) is 1. The molecular formula is C45H74N3O8+. The molecule has 6 fully saturated rings. The van der Waals surface area contributed by atoms with E-state index in [0.29, 0.717) is 57.0 Å². The molecule has 17 atom stereocenters. The fourth-order valence-electron chi connectivity index (χ4n) is 14.1. The van der Waals surface area contributed by atoms with Gasteiger partial charge in [-0.05, 0) is 107 Å². The Balaban J connectivity index is 1.29. The molecule has 10 N–H and O–H groups in total. The van der Waals surface area contributed by atoms with Gasteiger partial charge in [0.05, 0.1) is 66.4 Å². The van der Waals surface area contributed by atoms with Gasteiger partial charge in [-0.3, -0.25) is 15.5 Å². The number of aliphatic hydroxyl groups excluding tert-OH is 4. The van der Waals surface area contributed by atoms with E-state index in [1.807, 2.05) is 0 Å². The molecule has 0 aromatic carbocycles. The second kappa shape index (κ2) is 16.2. The van der Waals surface area contributed by atoms with Crippen LogP contribution in [0.1, 0.15) is 137 Å². The molecular weight excluding hydrogens is 711 g/mol. The predicted molar refractivity (Wildman–Crippen MR) is 213 cm³/mol. The summed E-state index contributed by atoms with van der Waals surface area (Å²) in [5.74, 6) is 5.92. The number of rotatable bonds is 13. The number of hydrogen-bond donors (Lipinski definition) is 8. The number of hydrogen-bond acceptors (Lipinski definition) is 10. The smallest absolute Gasteiger partial charge is 0.184 e. The van der Waals surface area contributed by atoms with Crippen molar-refractivity contribution in [2.75, 3.05) is 19.7 Å². The van der Waals surface area contributed by atoms with Gasteiger partial charge in [0.25, 0.3) is 0 Å². The molecule has 0 amide bonds. The molecule has 4 saturated carbocycles. The van der Waals surface area contributed by atoms with Gasteiger partial charge in [0.15, 0.2) is 5.78 Å². The Bertz CT molecular complexity index is 1520. The fourth-order valence-corrected chi connectivity index (χ4v) is 14.1. The van der Waals surface area contributed by atoms with Crippen LogP contribution in [0.2, 0.25) is 0 Å². The van der Waals surface area contributed by atoms with Gasteiger partial charge in [0.1, 0.15) is 12.3 Å². The maximum Gasteiger partial charge on any atom is 0.184 e. The third-order valence-corrected chi connectivity index (χ3v) is 17.3. The Labute approximate surface area is 335 Å². The highest BCUT2D eigenvalue weighted by Crippen LogP contribution is 2.74. The average molecular weight is 785 g/mol. The topological polar surface area (TPSA) is 203 Å². The number of fused-ring (bicyclic) bond motifs is 4. The molecule has 2 heterocycles. The minimum atomic E-state index is -1.63. The Hall–Kier alpha value is -1.46. The van der Waals surface area contributed by atoms with Gasteiger partial charge in [-0.25, -0.2) is 0 Å². The van der Waals surface area contributed by atoms with Crippen molar-refractivity contribution in [3.05, 3.63) is 0 Å². The van der Waals surface area contributed by atoms with E-state index in [9.17, 15) is 30.6 Å². The molecule has 17 unspecified atom stereocenters. The van der Waals surface area contributed by atoms with E-state index in [1.54, 1.807) is 13.8 Å². The Kier molecular flexibility index (Phi) is 12.3. The van der Waals surface area contributed by atoms with Gasteiger partial charge in [-0.2, -0.15) is 0 Å². The molecule has 8 aliphatic rings. The van der Waals surface area contributed by atoms with Crippen molar-refractivity contribution >= 4 is 11.5 Å². The number of aliphatic hydroxyl groups is 6. The number of unbranched alkanes of at least 4 members (excludes halogenated alkanes) is 3. The Morgan fingerprint density at radius 2 is 1.79 bits per heavy atom. The van der Waals surface area contributed by atoms with Crippen LogP contribution in [0.25, 0.3) is 0 Å². The molecule has 8 rings (SSSR count). The fraction of sp³-hybridized carbons (Fsp3) is 0.911. The number of ether oxygens (including phenoxy) is 1. The molecule has 0 radical (unpaired) electrons. The van der Waals surface area contributed by atoms with E-state index in [0.717, 1.165) is 38.6 Å². The SMILES string of the molecule is CCCCCCC1COC(C(O)C(C)(O)C2CCC3(O)C4C(=NCC(C)O)C(=O)C56CC#CCC23CCC4C5(CCC2CCC(N)[NH2+]C2)CC(O)C(O)C6)C1C. The van der Waals surface area contributed by atoms with Crippen molar-refractivity contribution in [2.24, 2.45) is 62.5 Å². The summed E-state index contributed by atoms with van der Waals surface area (Å²) in [5, 5.41) is 74.4. The lowest BCUT2D eigenvalue weighted by Gasteiger charge is -2.69. The molecule has 2 saturated heterocycles. The average Bonchev–Trinajstić information content (AvgIpc) is 3.69. The van der Waals surface area contributed by atoms with Crippen LogP contribution in [-0.2, 0) is 9.53 Å². The van der Waals surface area contributed by atoms with Crippen molar-refractivity contribution in [2.45, 2.75) is 185 Å². The first kappa shape index (κ1) is 42.7. The highest BCUT2D eigenvalue weighted by Gasteiger charge is 2.78. The molecule has 0 aromatic heterocycles. The number of nitrogens with zero attached hydrogens (tertiary/aromatic N) is 1. The van der Waals surface area contributed by atoms with Crippen molar-refractivity contribution in [1.29, 1.82) is 0 Å². The summed E-state index contributed by atoms with van der Waals surface area (Å²) in [6, 6.07) is 0. The van der Waals surface area contributed by atoms with E-state index in [-0.39, 0.29) is 55.3 Å². The largest absolute Gasteiger partial charge is 0.391 e. The van der Waals surface area contributed by atoms with Crippen molar-refractivity contribution < 1.29 is 45.5 Å². The number of carbonyl (C=O) groups is 1. The normalized spacial score (nSPS) is 47.5. The van der Waals surface area contributed by atoms with Crippen molar-refractivity contribution in [3.8, 4) is 11.8 Å². The first-order valence-corrected chi connectivity index (χ1v) is 22.5. The highest BCUT2D eigenvalue weighted by atomic mass is 16.5. The van der Waals surface area contributed by atoms with Crippen LogP contribution >= 0.6 is 0 Å². The van der Waals surface area contributed by atoms with Crippen molar-refractivity contribution in [1.82, 2.24) is 0 Å². The van der Waals surface area contributed by atoms with Gasteiger partial charge in [-0.15, -0.1) is 11.8 Å². The second-order valence-electron chi connectivity index (χ2n) is 20.2. The van der Waals surface area contributed by atoms with E-state index in [2.05, 4.69) is 31.0 Å². The minimum absolute atomic E-state index is 0.00184. The summed E-state index contributed by atoms with van der Waals surface area (Å²) < 4.78 is 6.33. The third kappa shape index (κ3) is 6.77. The lowest BCUT2D eigenvalue weighted by Crippen LogP contribution is -2.95. The summed E-state index contributed by atoms with van der Waals surface area (Å²) in [7, 11) is 0. The zero-order valence-corrected chi connectivity index (χ0v) is 34.7. The van der Waals surface area contributed by atoms with Crippen LogP contribution < -0.4 is 11.1 Å². The van der Waals surface area contributed by atoms with E-state index < -0.39 is 69.8 Å². The van der Waals surface area contributed by atoms with E-state index >= 15 is 4.79 Å². The molecule has 56 heavy (non-hydrogen) atoms. The molecule has 4 bridgehead atoms. The van der Waals surface area contributed by atoms with Gasteiger partial charge >= 0.3 is 0 Å². The van der Waals surface area contributed by atoms with E-state index in [4.69, 9.17) is 15.5 Å². The maximum absolute atomic E-state index is 15.6. The molecule has 6 aliphatic carbocycles. The first-order valence-electron chi connectivity index (χ1n) is 22.5. The third-order valence-electron chi connectivity index (χ3n) is 17.3. The number of ketones is 1. The zero-order valence-electron chi connectivity index (χ0n) is 34.7. The zero-order chi connectivity index (χ0) is 40.3. The van der Waals surface area contributed by atoms with Crippen LogP contribution in [0.5, 0.6) is 0 Å². The molecule has 0 aromatic rings. The summed E-state index contributed by atoms with van der Waals surface area (Å²) in [6.07, 6.45) is 7.25. The Morgan fingerprint density at radius 3 is 2.50 bits per heavy atom. The molecule has 2 aliphatic heterocycles. The molecule has 2 spiro atoms. The van der Waals surface area contributed by atoms with Crippen LogP contribution in [-0.4, -0.2) is 110 Å². The van der Waals surface area contributed by atoms with Crippen LogP contribution in [0, 0.1) is 63.6 Å². The second-order valence-corrected chi connectivity index (χ2v) is 20.2.